The van der Waals surface area contributed by atoms with Gasteiger partial charge in [-0.1, -0.05) is 6.92 Å². The van der Waals surface area contributed by atoms with Gasteiger partial charge in [0.05, 0.1) is 6.61 Å². The van der Waals surface area contributed by atoms with Crippen molar-refractivity contribution in [3.8, 4) is 0 Å². The molecule has 0 aromatic rings. The second-order valence-electron chi connectivity index (χ2n) is 2.08. The molecule has 0 aliphatic carbocycles. The quantitative estimate of drug-likeness (QED) is 0.421. The average Bonchev–Trinajstić information content (AvgIpc) is 1.97. The molecule has 0 aromatic carbocycles. The van der Waals surface area contributed by atoms with Crippen molar-refractivity contribution in [3.63, 3.8) is 0 Å². The van der Waals surface area contributed by atoms with Gasteiger partial charge in [0.15, 0.2) is 0 Å². The van der Waals surface area contributed by atoms with Gasteiger partial charge in [0.1, 0.15) is 0 Å². The molecule has 0 aliphatic heterocycles. The molecule has 0 aromatic heterocycles. The van der Waals surface area contributed by atoms with Gasteiger partial charge in [-0.25, -0.2) is 4.79 Å². The molecule has 9 heteroatoms. The van der Waals surface area contributed by atoms with Crippen molar-refractivity contribution < 1.29 is 35.3 Å². The lowest BCUT2D eigenvalue weighted by molar-refractivity contribution is -0.0536. The fourth-order valence-corrected chi connectivity index (χ4v) is 0.668. The third-order valence-corrected chi connectivity index (χ3v) is 1.81. The van der Waals surface area contributed by atoms with Crippen LogP contribution in [0.1, 0.15) is 13.3 Å². The maximum absolute atomic E-state index is 11.6. The molecule has 0 N–H and O–H groups in total. The fraction of sp³-hybridized carbons (Fsp3) is 0.800. The van der Waals surface area contributed by atoms with E-state index in [9.17, 15) is 26.4 Å². The van der Waals surface area contributed by atoms with Crippen LogP contribution in [0.2, 0.25) is 0 Å². The molecule has 0 heterocycles. The zero-order valence-electron chi connectivity index (χ0n) is 7.00. The fourth-order valence-electron chi connectivity index (χ4n) is 0.346. The van der Waals surface area contributed by atoms with Gasteiger partial charge in [-0.2, -0.15) is 21.6 Å². The van der Waals surface area contributed by atoms with Crippen LogP contribution in [0.3, 0.4) is 0 Å². The summed E-state index contributed by atoms with van der Waals surface area (Å²) < 4.78 is 62.2. The lowest BCUT2D eigenvalue weighted by Crippen LogP contribution is -2.28. The Kier molecular flexibility index (Phi) is 4.17. The Balaban J connectivity index is 4.32. The predicted octanol–water partition coefficient (Wildman–Crippen LogP) is 1.40. The monoisotopic (exact) mass is 236 g/mol. The minimum Gasteiger partial charge on any atom is -0.433 e. The molecule has 0 unspecified atom stereocenters. The van der Waals surface area contributed by atoms with Crippen molar-refractivity contribution in [1.82, 2.24) is 0 Å². The normalized spacial score (nSPS) is 12.3. The predicted molar refractivity (Wildman–Crippen MR) is 37.7 cm³/mol. The summed E-state index contributed by atoms with van der Waals surface area (Å²) in [5.74, 6) is 0. The molecule has 14 heavy (non-hydrogen) atoms. The Morgan fingerprint density at radius 3 is 2.21 bits per heavy atom. The second kappa shape index (κ2) is 4.49. The van der Waals surface area contributed by atoms with Crippen molar-refractivity contribution in [1.29, 1.82) is 0 Å². The topological polar surface area (TPSA) is 69.7 Å². The lowest BCUT2D eigenvalue weighted by atomic mass is 10.5. The zero-order chi connectivity index (χ0) is 11.4. The highest BCUT2D eigenvalue weighted by atomic mass is 32.2. The molecule has 0 rings (SSSR count). The summed E-state index contributed by atoms with van der Waals surface area (Å²) in [5, 5.41) is 0. The number of alkyl halides is 3. The first-order chi connectivity index (χ1) is 6.20. The van der Waals surface area contributed by atoms with E-state index in [-0.39, 0.29) is 6.61 Å². The molecule has 0 radical (unpaired) electrons. The summed E-state index contributed by atoms with van der Waals surface area (Å²) in [5.41, 5.74) is -5.63. The molecular weight excluding hydrogens is 229 g/mol. The van der Waals surface area contributed by atoms with E-state index in [0.717, 1.165) is 0 Å². The molecule has 0 aliphatic rings. The summed E-state index contributed by atoms with van der Waals surface area (Å²) in [7, 11) is -5.90. The van der Waals surface area contributed by atoms with Crippen molar-refractivity contribution in [3.05, 3.63) is 0 Å². The third-order valence-electron chi connectivity index (χ3n) is 0.885. The SMILES string of the molecule is CCCOC(=O)OS(=O)(=O)C(F)(F)F. The van der Waals surface area contributed by atoms with Crippen LogP contribution >= 0.6 is 0 Å². The molecular formula is C5H7F3O5S. The Morgan fingerprint density at radius 1 is 1.36 bits per heavy atom. The van der Waals surface area contributed by atoms with E-state index in [0.29, 0.717) is 6.42 Å². The van der Waals surface area contributed by atoms with Crippen LogP contribution in [-0.2, 0) is 19.0 Å². The maximum atomic E-state index is 11.6. The van der Waals surface area contributed by atoms with Gasteiger partial charge in [-0.3, -0.25) is 0 Å². The highest BCUT2D eigenvalue weighted by Gasteiger charge is 2.50. The number of hydrogen-bond donors (Lipinski definition) is 0. The first-order valence-corrected chi connectivity index (χ1v) is 4.79. The minimum atomic E-state index is -5.90. The Bertz CT molecular complexity index is 293. The Hall–Kier alpha value is -0.990. The van der Waals surface area contributed by atoms with E-state index in [1.54, 1.807) is 6.92 Å². The largest absolute Gasteiger partial charge is 0.534 e. The highest BCUT2D eigenvalue weighted by molar-refractivity contribution is 7.88. The average molecular weight is 236 g/mol. The summed E-state index contributed by atoms with van der Waals surface area (Å²) in [6.07, 6.45) is -1.55. The number of carbonyl (C=O) groups is 1. The van der Waals surface area contributed by atoms with Gasteiger partial charge in [-0.05, 0) is 6.42 Å². The van der Waals surface area contributed by atoms with E-state index in [4.69, 9.17) is 0 Å². The molecule has 0 atom stereocenters. The van der Waals surface area contributed by atoms with Gasteiger partial charge < -0.3 is 8.92 Å². The van der Waals surface area contributed by atoms with Crippen molar-refractivity contribution in [2.45, 2.75) is 18.9 Å². The van der Waals surface area contributed by atoms with Crippen molar-refractivity contribution >= 4 is 16.3 Å². The van der Waals surface area contributed by atoms with E-state index in [2.05, 4.69) is 8.92 Å². The molecule has 0 fully saturated rings. The summed E-state index contributed by atoms with van der Waals surface area (Å²) >= 11 is 0. The number of halogens is 3. The minimum absolute atomic E-state index is 0.216. The van der Waals surface area contributed by atoms with Crippen LogP contribution in [0.25, 0.3) is 0 Å². The van der Waals surface area contributed by atoms with Gasteiger partial charge in [-0.15, -0.1) is 0 Å². The molecule has 84 valence electrons. The highest BCUT2D eigenvalue weighted by Crippen LogP contribution is 2.24. The van der Waals surface area contributed by atoms with Crippen LogP contribution in [-0.4, -0.2) is 26.7 Å². The molecule has 0 amide bonds. The maximum Gasteiger partial charge on any atom is 0.534 e. The second-order valence-corrected chi connectivity index (χ2v) is 3.62. The van der Waals surface area contributed by atoms with E-state index < -0.39 is 21.8 Å². The van der Waals surface area contributed by atoms with Gasteiger partial charge >= 0.3 is 21.8 Å². The van der Waals surface area contributed by atoms with Crippen LogP contribution in [0.4, 0.5) is 18.0 Å². The number of hydrogen-bond acceptors (Lipinski definition) is 5. The van der Waals surface area contributed by atoms with Crippen LogP contribution in [0.15, 0.2) is 0 Å². The van der Waals surface area contributed by atoms with Gasteiger partial charge in [0.2, 0.25) is 0 Å². The molecule has 5 nitrogen and oxygen atoms in total. The third kappa shape index (κ3) is 3.81. The van der Waals surface area contributed by atoms with E-state index >= 15 is 0 Å². The molecule has 0 spiro atoms. The van der Waals surface area contributed by atoms with E-state index in [1.807, 2.05) is 0 Å². The Labute approximate surface area is 77.9 Å². The number of carbonyl (C=O) groups excluding carboxylic acids is 1. The molecule has 0 saturated carbocycles. The number of ether oxygens (including phenoxy) is 1. The van der Waals surface area contributed by atoms with E-state index in [1.165, 1.54) is 0 Å². The molecule has 0 bridgehead atoms. The van der Waals surface area contributed by atoms with Crippen molar-refractivity contribution in [2.75, 3.05) is 6.61 Å². The van der Waals surface area contributed by atoms with Crippen LogP contribution < -0.4 is 0 Å². The summed E-state index contributed by atoms with van der Waals surface area (Å²) in [6, 6.07) is 0. The van der Waals surface area contributed by atoms with Gasteiger partial charge in [0, 0.05) is 0 Å². The summed E-state index contributed by atoms with van der Waals surface area (Å²) in [4.78, 5) is 10.3. The number of rotatable bonds is 3. The summed E-state index contributed by atoms with van der Waals surface area (Å²) in [6.45, 7) is 1.36. The van der Waals surface area contributed by atoms with Crippen LogP contribution in [0, 0.1) is 0 Å². The smallest absolute Gasteiger partial charge is 0.433 e. The molecule has 0 saturated heterocycles. The van der Waals surface area contributed by atoms with Crippen molar-refractivity contribution in [2.24, 2.45) is 0 Å². The zero-order valence-corrected chi connectivity index (χ0v) is 7.81. The lowest BCUT2D eigenvalue weighted by Gasteiger charge is -2.07. The first kappa shape index (κ1) is 13.0. The Morgan fingerprint density at radius 2 is 1.86 bits per heavy atom. The van der Waals surface area contributed by atoms with Gasteiger partial charge in [0.25, 0.3) is 0 Å². The first-order valence-electron chi connectivity index (χ1n) is 3.38. The standard InChI is InChI=1S/C5H7F3O5S/c1-2-3-12-4(9)13-14(10,11)5(6,7)8/h2-3H2,1H3. The van der Waals surface area contributed by atoms with Crippen LogP contribution in [0.5, 0.6) is 0 Å².